The van der Waals surface area contributed by atoms with Crippen LogP contribution in [0.4, 0.5) is 0 Å². The lowest BCUT2D eigenvalue weighted by Crippen LogP contribution is -2.45. The zero-order valence-electron chi connectivity index (χ0n) is 13.1. The number of hydrogen-bond acceptors (Lipinski definition) is 3. The molecule has 2 aliphatic heterocycles. The van der Waals surface area contributed by atoms with Crippen molar-refractivity contribution in [3.8, 4) is 0 Å². The molecule has 2 unspecified atom stereocenters. The first-order valence-electron chi connectivity index (χ1n) is 7.86. The number of nitrogens with zero attached hydrogens (tertiary/aromatic N) is 2. The molecule has 122 valence electrons. The SMILES string of the molecule is CCCC(C)N1CC(C(=O)N2CCC(N)CC2)CC1=O.Cl. The minimum Gasteiger partial charge on any atom is -0.342 e. The highest BCUT2D eigenvalue weighted by molar-refractivity contribution is 5.89. The van der Waals surface area contributed by atoms with Crippen LogP contribution in [-0.4, -0.2) is 53.3 Å². The second kappa shape index (κ2) is 7.99. The summed E-state index contributed by atoms with van der Waals surface area (Å²) >= 11 is 0. The van der Waals surface area contributed by atoms with E-state index in [9.17, 15) is 9.59 Å². The lowest BCUT2D eigenvalue weighted by molar-refractivity contribution is -0.136. The van der Waals surface area contributed by atoms with Crippen molar-refractivity contribution in [1.29, 1.82) is 0 Å². The van der Waals surface area contributed by atoms with Crippen LogP contribution in [-0.2, 0) is 9.59 Å². The Morgan fingerprint density at radius 3 is 2.57 bits per heavy atom. The van der Waals surface area contributed by atoms with E-state index >= 15 is 0 Å². The molecule has 0 bridgehead atoms. The highest BCUT2D eigenvalue weighted by Crippen LogP contribution is 2.24. The van der Waals surface area contributed by atoms with Crippen LogP contribution in [0.25, 0.3) is 0 Å². The van der Waals surface area contributed by atoms with E-state index < -0.39 is 0 Å². The van der Waals surface area contributed by atoms with E-state index in [1.807, 2.05) is 9.80 Å². The molecule has 0 saturated carbocycles. The van der Waals surface area contributed by atoms with E-state index in [4.69, 9.17) is 5.73 Å². The number of halogens is 1. The molecule has 2 saturated heterocycles. The first kappa shape index (κ1) is 18.2. The number of piperidine rings is 1. The Labute approximate surface area is 133 Å². The Morgan fingerprint density at radius 2 is 2.00 bits per heavy atom. The molecule has 0 radical (unpaired) electrons. The van der Waals surface area contributed by atoms with Crippen LogP contribution in [0.15, 0.2) is 0 Å². The molecule has 0 aromatic rings. The van der Waals surface area contributed by atoms with Crippen molar-refractivity contribution < 1.29 is 9.59 Å². The summed E-state index contributed by atoms with van der Waals surface area (Å²) in [6, 6.07) is 0.477. The summed E-state index contributed by atoms with van der Waals surface area (Å²) in [5, 5.41) is 0. The van der Waals surface area contributed by atoms with E-state index in [1.165, 1.54) is 0 Å². The van der Waals surface area contributed by atoms with Crippen molar-refractivity contribution in [1.82, 2.24) is 9.80 Å². The van der Waals surface area contributed by atoms with Crippen molar-refractivity contribution in [2.75, 3.05) is 19.6 Å². The van der Waals surface area contributed by atoms with E-state index in [1.54, 1.807) is 0 Å². The Hall–Kier alpha value is -0.810. The summed E-state index contributed by atoms with van der Waals surface area (Å²) in [6.45, 7) is 6.29. The summed E-state index contributed by atoms with van der Waals surface area (Å²) in [7, 11) is 0. The van der Waals surface area contributed by atoms with Crippen molar-refractivity contribution in [3.05, 3.63) is 0 Å². The van der Waals surface area contributed by atoms with Gasteiger partial charge in [-0.1, -0.05) is 13.3 Å². The first-order chi connectivity index (χ1) is 9.52. The molecule has 21 heavy (non-hydrogen) atoms. The third-order valence-electron chi connectivity index (χ3n) is 4.60. The topological polar surface area (TPSA) is 66.6 Å². The van der Waals surface area contributed by atoms with Gasteiger partial charge in [-0.25, -0.2) is 0 Å². The molecule has 2 N–H and O–H groups in total. The molecule has 2 rings (SSSR count). The first-order valence-corrected chi connectivity index (χ1v) is 7.86. The molecule has 2 aliphatic rings. The van der Waals surface area contributed by atoms with Gasteiger partial charge in [0.1, 0.15) is 0 Å². The minimum absolute atomic E-state index is 0. The smallest absolute Gasteiger partial charge is 0.227 e. The number of likely N-dealkylation sites (tertiary alicyclic amines) is 2. The Bertz CT molecular complexity index is 370. The molecule has 0 aromatic carbocycles. The molecule has 5 nitrogen and oxygen atoms in total. The number of carbonyl (C=O) groups excluding carboxylic acids is 2. The lowest BCUT2D eigenvalue weighted by Gasteiger charge is -2.32. The van der Waals surface area contributed by atoms with Gasteiger partial charge in [-0.15, -0.1) is 12.4 Å². The fourth-order valence-electron chi connectivity index (χ4n) is 3.27. The van der Waals surface area contributed by atoms with Crippen molar-refractivity contribution >= 4 is 24.2 Å². The standard InChI is InChI=1S/C15H27N3O2.ClH/c1-3-4-11(2)18-10-12(9-14(18)19)15(20)17-7-5-13(16)6-8-17;/h11-13H,3-10,16H2,1-2H3;1H. The van der Waals surface area contributed by atoms with E-state index in [0.29, 0.717) is 13.0 Å². The number of nitrogens with two attached hydrogens (primary N) is 1. The van der Waals surface area contributed by atoms with Crippen LogP contribution < -0.4 is 5.73 Å². The van der Waals surface area contributed by atoms with Gasteiger partial charge in [0, 0.05) is 38.1 Å². The third kappa shape index (κ3) is 4.33. The molecule has 2 amide bonds. The Balaban J connectivity index is 0.00000220. The number of amides is 2. The Morgan fingerprint density at radius 1 is 1.38 bits per heavy atom. The van der Waals surface area contributed by atoms with Crippen LogP contribution in [0.5, 0.6) is 0 Å². The van der Waals surface area contributed by atoms with Gasteiger partial charge in [0.25, 0.3) is 0 Å². The van der Waals surface area contributed by atoms with Crippen molar-refractivity contribution in [3.63, 3.8) is 0 Å². The van der Waals surface area contributed by atoms with E-state index in [-0.39, 0.29) is 42.2 Å². The molecule has 2 atom stereocenters. The van der Waals surface area contributed by atoms with E-state index in [2.05, 4.69) is 13.8 Å². The van der Waals surface area contributed by atoms with Gasteiger partial charge in [-0.05, 0) is 26.2 Å². The average molecular weight is 318 g/mol. The highest BCUT2D eigenvalue weighted by atomic mass is 35.5. The molecule has 0 aromatic heterocycles. The largest absolute Gasteiger partial charge is 0.342 e. The van der Waals surface area contributed by atoms with Gasteiger partial charge >= 0.3 is 0 Å². The maximum Gasteiger partial charge on any atom is 0.227 e. The molecular formula is C15H28ClN3O2. The van der Waals surface area contributed by atoms with Crippen molar-refractivity contribution in [2.24, 2.45) is 11.7 Å². The molecule has 2 fully saturated rings. The zero-order chi connectivity index (χ0) is 14.7. The summed E-state index contributed by atoms with van der Waals surface area (Å²) in [5.74, 6) is 0.144. The quantitative estimate of drug-likeness (QED) is 0.852. The van der Waals surface area contributed by atoms with Gasteiger partial charge in [0.2, 0.25) is 11.8 Å². The van der Waals surface area contributed by atoms with Crippen molar-refractivity contribution in [2.45, 2.75) is 58.0 Å². The number of rotatable bonds is 4. The van der Waals surface area contributed by atoms with Crippen LogP contribution >= 0.6 is 12.4 Å². The lowest BCUT2D eigenvalue weighted by atomic mass is 10.0. The number of carbonyl (C=O) groups is 2. The summed E-state index contributed by atoms with van der Waals surface area (Å²) in [6.07, 6.45) is 4.21. The Kier molecular flexibility index (Phi) is 6.94. The van der Waals surface area contributed by atoms with Crippen LogP contribution in [0.3, 0.4) is 0 Å². The second-order valence-corrected chi connectivity index (χ2v) is 6.25. The average Bonchev–Trinajstić information content (AvgIpc) is 2.81. The number of hydrogen-bond donors (Lipinski definition) is 1. The van der Waals surface area contributed by atoms with Gasteiger partial charge < -0.3 is 15.5 Å². The molecule has 6 heteroatoms. The predicted molar refractivity (Wildman–Crippen MR) is 85.2 cm³/mol. The predicted octanol–water partition coefficient (Wildman–Crippen LogP) is 1.39. The molecule has 0 spiro atoms. The van der Waals surface area contributed by atoms with Crippen LogP contribution in [0.1, 0.15) is 46.0 Å². The maximum atomic E-state index is 12.5. The van der Waals surface area contributed by atoms with Gasteiger partial charge in [0.15, 0.2) is 0 Å². The zero-order valence-corrected chi connectivity index (χ0v) is 13.9. The second-order valence-electron chi connectivity index (χ2n) is 6.25. The monoisotopic (exact) mass is 317 g/mol. The maximum absolute atomic E-state index is 12.5. The molecular weight excluding hydrogens is 290 g/mol. The van der Waals surface area contributed by atoms with Crippen LogP contribution in [0.2, 0.25) is 0 Å². The highest BCUT2D eigenvalue weighted by Gasteiger charge is 2.38. The summed E-state index contributed by atoms with van der Waals surface area (Å²) in [5.41, 5.74) is 5.87. The van der Waals surface area contributed by atoms with Crippen LogP contribution in [0, 0.1) is 5.92 Å². The minimum atomic E-state index is -0.142. The fraction of sp³-hybridized carbons (Fsp3) is 0.867. The summed E-state index contributed by atoms with van der Waals surface area (Å²) in [4.78, 5) is 28.3. The van der Waals surface area contributed by atoms with E-state index in [0.717, 1.165) is 38.8 Å². The van der Waals surface area contributed by atoms with Gasteiger partial charge in [-0.2, -0.15) is 0 Å². The van der Waals surface area contributed by atoms with Gasteiger partial charge in [-0.3, -0.25) is 9.59 Å². The normalized spacial score (nSPS) is 24.9. The third-order valence-corrected chi connectivity index (χ3v) is 4.60. The van der Waals surface area contributed by atoms with Gasteiger partial charge in [0.05, 0.1) is 5.92 Å². The molecule has 0 aliphatic carbocycles. The molecule has 2 heterocycles. The fourth-order valence-corrected chi connectivity index (χ4v) is 3.27. The summed E-state index contributed by atoms with van der Waals surface area (Å²) < 4.78 is 0.